The maximum absolute atomic E-state index is 6.74. The molecular weight excluding hydrogens is 917 g/mol. The zero-order chi connectivity index (χ0) is 40.0. The van der Waals surface area contributed by atoms with E-state index in [1.54, 1.807) is 6.20 Å². The fourth-order valence-corrected chi connectivity index (χ4v) is 8.18. The standard InChI is InChI=1S/C43H32NO3.C11H8N.Ir/c1-24(2)34-22-27(26-12-6-5-7-13-26)23-35(25(3)4)38(34)32-16-11-18-36-40(32)47-43(44-36)33-17-10-15-29-31-21-20-30-28-14-8-9-19-37(28)45-41(30)42(31)46-39(29)33;1-2-6-10(7-3-1)11-8-4-5-9-12-11;/h5-16,18-25H,1-4H3;1-6,8-9H;/q2*-1;. The topological polar surface area (TPSA) is 65.2 Å². The molecular formula is C54H40IrN2O3-2. The molecule has 0 saturated carbocycles. The van der Waals surface area contributed by atoms with Crippen LogP contribution in [0.25, 0.3) is 99.9 Å². The van der Waals surface area contributed by atoms with Gasteiger partial charge in [0.25, 0.3) is 0 Å². The molecule has 0 aliphatic rings. The minimum absolute atomic E-state index is 0. The van der Waals surface area contributed by atoms with Crippen molar-refractivity contribution in [1.29, 1.82) is 0 Å². The summed E-state index contributed by atoms with van der Waals surface area (Å²) in [4.78, 5) is 9.24. The van der Waals surface area contributed by atoms with Crippen LogP contribution in [-0.4, -0.2) is 9.97 Å². The van der Waals surface area contributed by atoms with Crippen molar-refractivity contribution in [1.82, 2.24) is 9.97 Å². The van der Waals surface area contributed by atoms with E-state index in [2.05, 4.69) is 118 Å². The molecule has 4 heterocycles. The van der Waals surface area contributed by atoms with Gasteiger partial charge in [-0.1, -0.05) is 124 Å². The second-order valence-electron chi connectivity index (χ2n) is 15.5. The van der Waals surface area contributed by atoms with Crippen LogP contribution < -0.4 is 0 Å². The van der Waals surface area contributed by atoms with Crippen LogP contribution in [0.1, 0.15) is 50.7 Å². The first kappa shape index (κ1) is 38.9. The Morgan fingerprint density at radius 2 is 1.22 bits per heavy atom. The first-order valence-electron chi connectivity index (χ1n) is 20.1. The van der Waals surface area contributed by atoms with Gasteiger partial charge in [0.15, 0.2) is 11.2 Å². The molecule has 0 amide bonds. The van der Waals surface area contributed by atoms with Gasteiger partial charge in [0.05, 0.1) is 11.1 Å². The average Bonchev–Trinajstić information content (AvgIpc) is 4.01. The number of para-hydroxylation sites is 2. The van der Waals surface area contributed by atoms with E-state index in [-0.39, 0.29) is 20.1 Å². The second-order valence-corrected chi connectivity index (χ2v) is 15.5. The molecule has 0 aliphatic heterocycles. The average molecular weight is 957 g/mol. The first-order valence-corrected chi connectivity index (χ1v) is 20.1. The van der Waals surface area contributed by atoms with E-state index in [0.29, 0.717) is 34.5 Å². The third-order valence-electron chi connectivity index (χ3n) is 11.0. The maximum Gasteiger partial charge on any atom is 0.177 e. The van der Waals surface area contributed by atoms with Crippen molar-refractivity contribution in [2.24, 2.45) is 0 Å². The van der Waals surface area contributed by atoms with Crippen LogP contribution in [0.3, 0.4) is 0 Å². The second kappa shape index (κ2) is 16.2. The molecule has 0 N–H and O–H groups in total. The van der Waals surface area contributed by atoms with E-state index in [9.17, 15) is 0 Å². The van der Waals surface area contributed by atoms with Crippen LogP contribution in [0.5, 0.6) is 0 Å². The Morgan fingerprint density at radius 1 is 0.517 bits per heavy atom. The van der Waals surface area contributed by atoms with Crippen molar-refractivity contribution < 1.29 is 33.4 Å². The van der Waals surface area contributed by atoms with Crippen LogP contribution in [0.15, 0.2) is 171 Å². The summed E-state index contributed by atoms with van der Waals surface area (Å²) in [7, 11) is 0. The van der Waals surface area contributed by atoms with E-state index in [0.717, 1.165) is 60.6 Å². The predicted octanol–water partition coefficient (Wildman–Crippen LogP) is 15.2. The van der Waals surface area contributed by atoms with Crippen molar-refractivity contribution in [3.63, 3.8) is 0 Å². The maximum atomic E-state index is 6.74. The van der Waals surface area contributed by atoms with E-state index >= 15 is 0 Å². The van der Waals surface area contributed by atoms with Crippen LogP contribution in [-0.2, 0) is 20.1 Å². The van der Waals surface area contributed by atoms with Gasteiger partial charge < -0.3 is 18.2 Å². The van der Waals surface area contributed by atoms with E-state index in [4.69, 9.17) is 18.2 Å². The molecule has 0 saturated heterocycles. The number of nitrogens with zero attached hydrogens (tertiary/aromatic N) is 2. The molecule has 0 unspecified atom stereocenters. The molecule has 0 atom stereocenters. The Labute approximate surface area is 362 Å². The van der Waals surface area contributed by atoms with Crippen LogP contribution in [0, 0.1) is 12.1 Å². The van der Waals surface area contributed by atoms with Gasteiger partial charge in [-0.15, -0.1) is 54.1 Å². The molecule has 0 bridgehead atoms. The van der Waals surface area contributed by atoms with Gasteiger partial charge in [0.1, 0.15) is 17.1 Å². The number of oxazole rings is 1. The third-order valence-corrected chi connectivity index (χ3v) is 11.0. The zero-order valence-corrected chi connectivity index (χ0v) is 36.0. The number of aromatic nitrogens is 2. The summed E-state index contributed by atoms with van der Waals surface area (Å²) in [6.45, 7) is 9.06. The molecule has 1 radical (unpaired) electrons. The summed E-state index contributed by atoms with van der Waals surface area (Å²) in [5, 5.41) is 4.06. The smallest absolute Gasteiger partial charge is 0.177 e. The third kappa shape index (κ3) is 6.92. The normalized spacial score (nSPS) is 11.5. The minimum Gasteiger partial charge on any atom is -0.497 e. The van der Waals surface area contributed by atoms with Gasteiger partial charge in [0, 0.05) is 48.0 Å². The van der Waals surface area contributed by atoms with Crippen molar-refractivity contribution >= 4 is 55.0 Å². The summed E-state index contributed by atoms with van der Waals surface area (Å²) in [5.74, 6) is 1.09. The monoisotopic (exact) mass is 957 g/mol. The number of hydrogen-bond acceptors (Lipinski definition) is 5. The summed E-state index contributed by atoms with van der Waals surface area (Å²) >= 11 is 0. The molecule has 0 fully saturated rings. The summed E-state index contributed by atoms with van der Waals surface area (Å²) in [5.41, 5.74) is 14.6. The van der Waals surface area contributed by atoms with Crippen molar-refractivity contribution in [3.8, 4) is 45.0 Å². The minimum atomic E-state index is 0. The van der Waals surface area contributed by atoms with Gasteiger partial charge >= 0.3 is 0 Å². The Hall–Kier alpha value is -6.59. The molecule has 0 aliphatic carbocycles. The zero-order valence-electron chi connectivity index (χ0n) is 33.6. The van der Waals surface area contributed by atoms with Crippen LogP contribution >= 0.6 is 0 Å². The Balaban J connectivity index is 0.000000306. The van der Waals surface area contributed by atoms with Crippen molar-refractivity contribution in [2.75, 3.05) is 0 Å². The largest absolute Gasteiger partial charge is 0.497 e. The molecule has 60 heavy (non-hydrogen) atoms. The number of fused-ring (bicyclic) bond motifs is 8. The quantitative estimate of drug-likeness (QED) is 0.155. The fraction of sp³-hybridized carbons (Fsp3) is 0.111. The Kier molecular flexibility index (Phi) is 10.5. The van der Waals surface area contributed by atoms with Gasteiger partial charge in [-0.05, 0) is 75.2 Å². The summed E-state index contributed by atoms with van der Waals surface area (Å²) in [6, 6.07) is 58.0. The fourth-order valence-electron chi connectivity index (χ4n) is 8.18. The van der Waals surface area contributed by atoms with Crippen LogP contribution in [0.2, 0.25) is 0 Å². The van der Waals surface area contributed by atoms with E-state index in [1.165, 1.54) is 27.8 Å². The van der Waals surface area contributed by atoms with Crippen molar-refractivity contribution in [2.45, 2.75) is 39.5 Å². The molecule has 0 spiro atoms. The molecule has 11 rings (SSSR count). The molecule has 11 aromatic rings. The van der Waals surface area contributed by atoms with Crippen LogP contribution in [0.4, 0.5) is 0 Å². The summed E-state index contributed by atoms with van der Waals surface area (Å²) < 4.78 is 19.7. The number of pyridine rings is 1. The van der Waals surface area contributed by atoms with Crippen molar-refractivity contribution in [3.05, 3.63) is 181 Å². The summed E-state index contributed by atoms with van der Waals surface area (Å²) in [6.07, 6.45) is 1.79. The molecule has 7 aromatic carbocycles. The van der Waals surface area contributed by atoms with Gasteiger partial charge in [-0.25, -0.2) is 0 Å². The SMILES string of the molecule is CC(C)c1cc(-c2ccccc2)cc(C(C)C)c1-c1cccc2nc(-c3[c-]ccc4c3oc3c4ccc4c5ccccc5oc43)oc12.[Ir].[c-]1ccccc1-c1ccccn1. The van der Waals surface area contributed by atoms with Gasteiger partial charge in [-0.3, -0.25) is 4.98 Å². The van der Waals surface area contributed by atoms with E-state index in [1.807, 2.05) is 78.9 Å². The number of furan rings is 2. The first-order chi connectivity index (χ1) is 28.9. The predicted molar refractivity (Wildman–Crippen MR) is 240 cm³/mol. The molecule has 4 aromatic heterocycles. The molecule has 6 heteroatoms. The number of benzene rings is 7. The number of hydrogen-bond donors (Lipinski definition) is 0. The van der Waals surface area contributed by atoms with E-state index < -0.39 is 0 Å². The Bertz CT molecular complexity index is 3210. The van der Waals surface area contributed by atoms with Gasteiger partial charge in [0.2, 0.25) is 0 Å². The van der Waals surface area contributed by atoms with Gasteiger partial charge in [-0.2, -0.15) is 0 Å². The Morgan fingerprint density at radius 3 is 1.95 bits per heavy atom. The molecule has 295 valence electrons. The molecule has 5 nitrogen and oxygen atoms in total. The number of rotatable bonds is 6.